The summed E-state index contributed by atoms with van der Waals surface area (Å²) in [5.41, 5.74) is 14.7. The summed E-state index contributed by atoms with van der Waals surface area (Å²) < 4.78 is 22.4. The van der Waals surface area contributed by atoms with Gasteiger partial charge in [-0.3, -0.25) is 38.5 Å². The Bertz CT molecular complexity index is 3880. The number of phenols is 1. The van der Waals surface area contributed by atoms with E-state index in [-0.39, 0.29) is 133 Å². The summed E-state index contributed by atoms with van der Waals surface area (Å²) in [5.74, 6) is -4.45. The maximum atomic E-state index is 14.6. The van der Waals surface area contributed by atoms with Gasteiger partial charge in [0.05, 0.1) is 43.2 Å². The number of nitrogens with two attached hydrogens (primary N) is 2. The lowest BCUT2D eigenvalue weighted by Gasteiger charge is -2.26. The van der Waals surface area contributed by atoms with Gasteiger partial charge in [0, 0.05) is 111 Å². The number of phenolic OH excluding ortho intramolecular Hbond substituents is 1. The molecule has 10 N–H and O–H groups in total. The lowest BCUT2D eigenvalue weighted by atomic mass is 9.89. The van der Waals surface area contributed by atoms with Crippen molar-refractivity contribution in [3.8, 4) is 11.5 Å². The van der Waals surface area contributed by atoms with Crippen LogP contribution in [0.4, 0.5) is 36.4 Å². The van der Waals surface area contributed by atoms with Crippen LogP contribution in [0.15, 0.2) is 103 Å². The maximum Gasteiger partial charge on any atom is 0.415 e. The van der Waals surface area contributed by atoms with E-state index in [9.17, 15) is 57.8 Å². The first-order chi connectivity index (χ1) is 45.5. The molecule has 0 saturated heterocycles. The molecule has 2 aliphatic rings. The number of hydrogen-bond donors (Lipinski definition) is 8. The molecule has 29 heteroatoms. The summed E-state index contributed by atoms with van der Waals surface area (Å²) in [5, 5.41) is 22.1. The number of ether oxygens (including phenoxy) is 4. The molecule has 28 nitrogen and oxygen atoms in total. The highest BCUT2D eigenvalue weighted by atomic mass is 35.5. The number of alkyl carbamates (subject to hydrolysis) is 1. The highest BCUT2D eigenvalue weighted by molar-refractivity contribution is 6.20. The SMILES string of the molecule is Cc1cccc2c(OC(=O)N(CCCC(N)=O)CCN(C)C(=O)OCc3ccc(NC(=O)[C@H](CCCNC(N)=O)CC(=O)[C@@H](NC(=O)OCCOCCN4C(=O)C=CC4=O)C(C)C)cc3)cc3c(c12)[C@H](CCl)CN3C(=O)c1cc2cc(NC(=O)c3ccc(O)cc3)ncc2[nH]1. The second-order valence-corrected chi connectivity index (χ2v) is 23.4. The van der Waals surface area contributed by atoms with Gasteiger partial charge in [0.1, 0.15) is 36.2 Å². The molecule has 0 bridgehead atoms. The Morgan fingerprint density at radius 3 is 2.28 bits per heavy atom. The Balaban J connectivity index is 0.869. The quantitative estimate of drug-likeness (QED) is 0.0124. The number of nitrogens with zero attached hydrogens (tertiary/aromatic N) is 5. The highest BCUT2D eigenvalue weighted by Crippen LogP contribution is 2.47. The molecule has 4 aromatic carbocycles. The topological polar surface area (TPSA) is 387 Å². The van der Waals surface area contributed by atoms with Crippen LogP contribution >= 0.6 is 11.6 Å². The van der Waals surface area contributed by atoms with E-state index in [4.69, 9.17) is 42.0 Å². The van der Waals surface area contributed by atoms with Crippen LogP contribution in [0.1, 0.15) is 89.4 Å². The number of hydrogen-bond acceptors (Lipinski definition) is 17. The molecule has 0 aliphatic carbocycles. The van der Waals surface area contributed by atoms with Crippen molar-refractivity contribution in [1.82, 2.24) is 35.3 Å². The van der Waals surface area contributed by atoms with Crippen LogP contribution in [0.5, 0.6) is 11.5 Å². The second-order valence-electron chi connectivity index (χ2n) is 23.1. The number of carbonyl (C=O) groups is 11. The van der Waals surface area contributed by atoms with Gasteiger partial charge in [-0.05, 0) is 103 Å². The number of urea groups is 1. The van der Waals surface area contributed by atoms with Crippen LogP contribution in [-0.4, -0.2) is 173 Å². The van der Waals surface area contributed by atoms with Gasteiger partial charge in [-0.15, -0.1) is 11.6 Å². The van der Waals surface area contributed by atoms with Gasteiger partial charge in [0.2, 0.25) is 11.8 Å². The summed E-state index contributed by atoms with van der Waals surface area (Å²) >= 11 is 6.65. The average molecular weight is 1330 g/mol. The third kappa shape index (κ3) is 18.8. The number of nitrogens with one attached hydrogen (secondary N) is 5. The maximum absolute atomic E-state index is 14.6. The van der Waals surface area contributed by atoms with Gasteiger partial charge in [0.25, 0.3) is 23.6 Å². The molecule has 0 spiro atoms. The number of primary amides is 2. The predicted molar refractivity (Wildman–Crippen MR) is 350 cm³/mol. The van der Waals surface area contributed by atoms with E-state index in [1.54, 1.807) is 67.3 Å². The minimum absolute atomic E-state index is 0.0104. The van der Waals surface area contributed by atoms with Crippen molar-refractivity contribution in [1.29, 1.82) is 0 Å². The number of halogens is 1. The Morgan fingerprint density at radius 2 is 1.59 bits per heavy atom. The summed E-state index contributed by atoms with van der Waals surface area (Å²) in [6, 6.07) is 20.7. The number of aryl methyl sites for hydroxylation is 1. The fourth-order valence-corrected chi connectivity index (χ4v) is 11.1. The Hall–Kier alpha value is -10.6. The van der Waals surface area contributed by atoms with Crippen LogP contribution in [0, 0.1) is 18.8 Å². The molecule has 11 amide bonds. The number of ketones is 1. The smallest absolute Gasteiger partial charge is 0.415 e. The van der Waals surface area contributed by atoms with Gasteiger partial charge >= 0.3 is 24.3 Å². The minimum atomic E-state index is -1.04. The molecule has 502 valence electrons. The molecule has 3 atom stereocenters. The number of fused-ring (bicyclic) bond motifs is 4. The third-order valence-electron chi connectivity index (χ3n) is 15.9. The summed E-state index contributed by atoms with van der Waals surface area (Å²) in [4.78, 5) is 155. The zero-order valence-corrected chi connectivity index (χ0v) is 53.5. The zero-order valence-electron chi connectivity index (χ0n) is 52.8. The first-order valence-electron chi connectivity index (χ1n) is 30.6. The van der Waals surface area contributed by atoms with Crippen LogP contribution in [0.25, 0.3) is 21.7 Å². The van der Waals surface area contributed by atoms with E-state index >= 15 is 0 Å². The van der Waals surface area contributed by atoms with Crippen LogP contribution in [0.3, 0.4) is 0 Å². The number of aromatic hydroxyl groups is 1. The fraction of sp³-hybridized carbons (Fsp3) is 0.364. The van der Waals surface area contributed by atoms with E-state index in [1.807, 2.05) is 19.1 Å². The monoisotopic (exact) mass is 1330 g/mol. The van der Waals surface area contributed by atoms with Gasteiger partial charge < -0.3 is 76.5 Å². The number of aromatic amines is 1. The van der Waals surface area contributed by atoms with Gasteiger partial charge in [0.15, 0.2) is 5.78 Å². The number of pyridine rings is 1. The van der Waals surface area contributed by atoms with E-state index in [0.29, 0.717) is 38.8 Å². The van der Waals surface area contributed by atoms with Crippen molar-refractivity contribution in [2.75, 3.05) is 87.6 Å². The van der Waals surface area contributed by atoms with Gasteiger partial charge in [-0.1, -0.05) is 44.2 Å². The number of H-pyrrole nitrogens is 1. The van der Waals surface area contributed by atoms with Crippen molar-refractivity contribution in [3.05, 3.63) is 131 Å². The van der Waals surface area contributed by atoms with Crippen LogP contribution in [-0.2, 0) is 44.8 Å². The number of alkyl halides is 1. The average Bonchev–Trinajstić information content (AvgIpc) is 1.63. The van der Waals surface area contributed by atoms with Gasteiger partial charge in [-0.2, -0.15) is 0 Å². The number of rotatable bonds is 31. The number of aromatic nitrogens is 2. The number of imide groups is 1. The van der Waals surface area contributed by atoms with Crippen molar-refractivity contribution in [2.24, 2.45) is 23.3 Å². The number of amides is 11. The second kappa shape index (κ2) is 32.8. The number of likely N-dealkylation sites (N-methyl/N-ethyl adjacent to an activating group) is 1. The number of anilines is 3. The predicted octanol–water partition coefficient (Wildman–Crippen LogP) is 6.95. The molecule has 0 unspecified atom stereocenters. The number of benzene rings is 4. The standard InChI is InChI=1S/C66H75ClN12O16/c1-38(2)59(75-64(89)93-29-28-92-27-26-78-55(83)20-21-56(78)84)51(81)31-42(9-6-22-70-63(69)88)61(86)72-45-16-12-40(13-17-45)37-94-65(90)76(4)24-25-77(23-7-11-53(68)82)66(91)95-52-33-50-58(57-39(3)8-5-10-47(52)57)44(34-67)36-79(50)62(87)48-30-43-32-54(71-35-49(43)73-48)74-60(85)41-14-18-46(80)19-15-41/h5,8,10,12-21,30,32-33,35,38,42,44,59,73,80H,6-7,9,11,22-29,31,34,36-37H2,1-4H3,(H2,68,82)(H,72,86)(H,75,89)(H3,69,70,88)(H,71,74,85)/t42-,44-,59+/m1/s1. The van der Waals surface area contributed by atoms with Crippen molar-refractivity contribution in [3.63, 3.8) is 0 Å². The van der Waals surface area contributed by atoms with E-state index in [0.717, 1.165) is 33.6 Å². The Kier molecular flexibility index (Phi) is 24.3. The summed E-state index contributed by atoms with van der Waals surface area (Å²) in [6.07, 6.45) is 1.61. The molecule has 4 heterocycles. The molecule has 0 saturated carbocycles. The first-order valence-corrected chi connectivity index (χ1v) is 31.2. The highest BCUT2D eigenvalue weighted by Gasteiger charge is 2.37. The molecule has 0 radical (unpaired) electrons. The van der Waals surface area contributed by atoms with Crippen molar-refractivity contribution >= 4 is 116 Å². The number of carbonyl (C=O) groups excluding carboxylic acids is 11. The van der Waals surface area contributed by atoms with Gasteiger partial charge in [-0.25, -0.2) is 24.2 Å². The molecule has 2 aromatic heterocycles. The normalized spacial score (nSPS) is 13.9. The first kappa shape index (κ1) is 70.3. The molecule has 95 heavy (non-hydrogen) atoms. The Morgan fingerprint density at radius 1 is 0.853 bits per heavy atom. The fourth-order valence-electron chi connectivity index (χ4n) is 10.8. The molecule has 0 fully saturated rings. The van der Waals surface area contributed by atoms with Crippen LogP contribution in [0.2, 0.25) is 0 Å². The van der Waals surface area contributed by atoms with E-state index < -0.39 is 83.4 Å². The zero-order chi connectivity index (χ0) is 68.5. The summed E-state index contributed by atoms with van der Waals surface area (Å²) in [7, 11) is 1.48. The lowest BCUT2D eigenvalue weighted by molar-refractivity contribution is -0.137. The molecule has 6 aromatic rings. The van der Waals surface area contributed by atoms with Crippen LogP contribution < -0.4 is 42.4 Å². The Labute approximate surface area is 550 Å². The summed E-state index contributed by atoms with van der Waals surface area (Å²) in [6.45, 7) is 5.14. The molecule has 8 rings (SSSR count). The third-order valence-corrected chi connectivity index (χ3v) is 16.2. The van der Waals surface area contributed by atoms with Crippen molar-refractivity contribution < 1.29 is 76.8 Å². The van der Waals surface area contributed by atoms with E-state index in [1.165, 1.54) is 47.3 Å². The largest absolute Gasteiger partial charge is 0.508 e. The molecule has 2 aliphatic heterocycles. The van der Waals surface area contributed by atoms with E-state index in [2.05, 4.69) is 31.2 Å². The molecular weight excluding hydrogens is 1250 g/mol. The van der Waals surface area contributed by atoms with Crippen molar-refractivity contribution in [2.45, 2.75) is 71.4 Å². The lowest BCUT2D eigenvalue weighted by Crippen LogP contribution is -2.46. The molecular formula is C66H75ClN12O16. The number of Topliss-reactive ketones (excluding diaryl/α,β-unsaturated/α-hetero) is 1. The minimum Gasteiger partial charge on any atom is -0.508 e.